The molecule has 24 heavy (non-hydrogen) atoms. The van der Waals surface area contributed by atoms with Crippen LogP contribution < -0.4 is 4.74 Å². The minimum absolute atomic E-state index is 0.0569. The fourth-order valence-electron chi connectivity index (χ4n) is 2.03. The summed E-state index contributed by atoms with van der Waals surface area (Å²) in [6.07, 6.45) is 1.64. The Morgan fingerprint density at radius 3 is 2.58 bits per heavy atom. The van der Waals surface area contributed by atoms with Crippen LogP contribution in [0.1, 0.15) is 30.3 Å². The lowest BCUT2D eigenvalue weighted by atomic mass is 10.1. The van der Waals surface area contributed by atoms with E-state index >= 15 is 0 Å². The van der Waals surface area contributed by atoms with Crippen LogP contribution in [-0.4, -0.2) is 24.7 Å². The molecule has 0 N–H and O–H groups in total. The molecule has 1 aromatic heterocycles. The van der Waals surface area contributed by atoms with Gasteiger partial charge in [0.15, 0.2) is 17.3 Å². The second kappa shape index (κ2) is 8.31. The van der Waals surface area contributed by atoms with Crippen molar-refractivity contribution < 1.29 is 18.7 Å². The standard InChI is InChI=1S/C17H16Cl2FNO3/c1-3-4-9-24-17(22)15-11(18)7-8-13(21-15)10-5-6-12(19)16(23-2)14(10)20/h5-8H,3-4,9H2,1-2H3. The summed E-state index contributed by atoms with van der Waals surface area (Å²) in [7, 11) is 1.32. The molecule has 0 aliphatic carbocycles. The summed E-state index contributed by atoms with van der Waals surface area (Å²) < 4.78 is 24.6. The molecule has 7 heteroatoms. The topological polar surface area (TPSA) is 48.4 Å². The predicted molar refractivity (Wildman–Crippen MR) is 91.4 cm³/mol. The lowest BCUT2D eigenvalue weighted by Crippen LogP contribution is -2.10. The monoisotopic (exact) mass is 371 g/mol. The van der Waals surface area contributed by atoms with Crippen LogP contribution in [0.4, 0.5) is 4.39 Å². The van der Waals surface area contributed by atoms with Crippen LogP contribution in [0.5, 0.6) is 5.75 Å². The van der Waals surface area contributed by atoms with Gasteiger partial charge in [-0.1, -0.05) is 36.5 Å². The van der Waals surface area contributed by atoms with Crippen LogP contribution in [0.25, 0.3) is 11.3 Å². The summed E-state index contributed by atoms with van der Waals surface area (Å²) in [5, 5.41) is 0.286. The number of carbonyl (C=O) groups excluding carboxylic acids is 1. The summed E-state index contributed by atoms with van der Waals surface area (Å²) in [6, 6.07) is 5.94. The number of halogens is 3. The van der Waals surface area contributed by atoms with Gasteiger partial charge in [-0.2, -0.15) is 0 Å². The maximum Gasteiger partial charge on any atom is 0.358 e. The molecular weight excluding hydrogens is 356 g/mol. The number of aromatic nitrogens is 1. The van der Waals surface area contributed by atoms with Crippen molar-refractivity contribution in [1.82, 2.24) is 4.98 Å². The van der Waals surface area contributed by atoms with Gasteiger partial charge in [0.25, 0.3) is 0 Å². The molecule has 0 radical (unpaired) electrons. The Bertz CT molecular complexity index is 753. The van der Waals surface area contributed by atoms with Gasteiger partial charge in [-0.05, 0) is 30.7 Å². The van der Waals surface area contributed by atoms with Crippen LogP contribution in [0, 0.1) is 5.82 Å². The Morgan fingerprint density at radius 1 is 1.21 bits per heavy atom. The Kier molecular flexibility index (Phi) is 6.40. The van der Waals surface area contributed by atoms with Crippen molar-refractivity contribution in [3.8, 4) is 17.0 Å². The highest BCUT2D eigenvalue weighted by Crippen LogP contribution is 2.34. The third-order valence-electron chi connectivity index (χ3n) is 3.30. The summed E-state index contributed by atoms with van der Waals surface area (Å²) >= 11 is 11.9. The van der Waals surface area contributed by atoms with Crippen LogP contribution in [0.15, 0.2) is 24.3 Å². The molecule has 2 aromatic rings. The molecular formula is C17H16Cl2FNO3. The van der Waals surface area contributed by atoms with E-state index in [2.05, 4.69) is 4.98 Å². The number of benzene rings is 1. The van der Waals surface area contributed by atoms with Crippen molar-refractivity contribution in [2.75, 3.05) is 13.7 Å². The number of nitrogens with zero attached hydrogens (tertiary/aromatic N) is 1. The number of esters is 1. The van der Waals surface area contributed by atoms with Crippen molar-refractivity contribution in [3.63, 3.8) is 0 Å². The SMILES string of the molecule is CCCCOC(=O)c1nc(-c2ccc(Cl)c(OC)c2F)ccc1Cl. The average molecular weight is 372 g/mol. The molecule has 2 rings (SSSR count). The zero-order valence-corrected chi connectivity index (χ0v) is 14.7. The van der Waals surface area contributed by atoms with Gasteiger partial charge in [-0.3, -0.25) is 0 Å². The highest BCUT2D eigenvalue weighted by molar-refractivity contribution is 6.33. The molecule has 0 spiro atoms. The Morgan fingerprint density at radius 2 is 1.92 bits per heavy atom. The molecule has 0 aliphatic rings. The van der Waals surface area contributed by atoms with Gasteiger partial charge < -0.3 is 9.47 Å². The van der Waals surface area contributed by atoms with E-state index in [4.69, 9.17) is 32.7 Å². The molecule has 128 valence electrons. The van der Waals surface area contributed by atoms with Crippen molar-refractivity contribution in [2.45, 2.75) is 19.8 Å². The van der Waals surface area contributed by atoms with Crippen molar-refractivity contribution >= 4 is 29.2 Å². The molecule has 0 atom stereocenters. The van der Waals surface area contributed by atoms with E-state index in [1.165, 1.54) is 31.4 Å². The Balaban J connectivity index is 2.40. The minimum atomic E-state index is -0.662. The highest BCUT2D eigenvalue weighted by Gasteiger charge is 2.19. The van der Waals surface area contributed by atoms with Crippen LogP contribution >= 0.6 is 23.2 Å². The number of hydrogen-bond donors (Lipinski definition) is 0. The summed E-state index contributed by atoms with van der Waals surface area (Å²) in [5.41, 5.74) is 0.323. The van der Waals surface area contributed by atoms with Gasteiger partial charge in [0.2, 0.25) is 0 Å². The fraction of sp³-hybridized carbons (Fsp3) is 0.294. The zero-order valence-electron chi connectivity index (χ0n) is 13.2. The fourth-order valence-corrected chi connectivity index (χ4v) is 2.44. The summed E-state index contributed by atoms with van der Waals surface area (Å²) in [5.74, 6) is -1.39. The maximum absolute atomic E-state index is 14.5. The first kappa shape index (κ1) is 18.5. The van der Waals surface area contributed by atoms with E-state index in [0.29, 0.717) is 0 Å². The zero-order chi connectivity index (χ0) is 17.7. The number of unbranched alkanes of at least 4 members (excludes halogenated alkanes) is 1. The van der Waals surface area contributed by atoms with Crippen LogP contribution in [0.2, 0.25) is 10.0 Å². The van der Waals surface area contributed by atoms with Gasteiger partial charge in [0, 0.05) is 5.56 Å². The Labute approximate surface area is 149 Å². The van der Waals surface area contributed by atoms with E-state index in [-0.39, 0.29) is 39.4 Å². The number of methoxy groups -OCH3 is 1. The molecule has 4 nitrogen and oxygen atoms in total. The number of ether oxygens (including phenoxy) is 2. The van der Waals surface area contributed by atoms with Crippen molar-refractivity contribution in [1.29, 1.82) is 0 Å². The molecule has 0 amide bonds. The number of carbonyl (C=O) groups is 1. The summed E-state index contributed by atoms with van der Waals surface area (Å²) in [6.45, 7) is 2.26. The van der Waals surface area contributed by atoms with Crippen molar-refractivity contribution in [2.24, 2.45) is 0 Å². The van der Waals surface area contributed by atoms with E-state index < -0.39 is 11.8 Å². The smallest absolute Gasteiger partial charge is 0.358 e. The van der Waals surface area contributed by atoms with Gasteiger partial charge in [-0.15, -0.1) is 0 Å². The lowest BCUT2D eigenvalue weighted by molar-refractivity contribution is 0.0493. The van der Waals surface area contributed by atoms with E-state index in [1.807, 2.05) is 6.92 Å². The van der Waals surface area contributed by atoms with Crippen LogP contribution in [-0.2, 0) is 4.74 Å². The number of rotatable bonds is 6. The number of hydrogen-bond acceptors (Lipinski definition) is 4. The quantitative estimate of drug-likeness (QED) is 0.519. The van der Waals surface area contributed by atoms with E-state index in [9.17, 15) is 9.18 Å². The third kappa shape index (κ3) is 3.97. The molecule has 0 aliphatic heterocycles. The first-order valence-corrected chi connectivity index (χ1v) is 8.11. The molecule has 0 unspecified atom stereocenters. The highest BCUT2D eigenvalue weighted by atomic mass is 35.5. The average Bonchev–Trinajstić information content (AvgIpc) is 2.56. The van der Waals surface area contributed by atoms with Gasteiger partial charge in [0.05, 0.1) is 29.5 Å². The first-order valence-electron chi connectivity index (χ1n) is 7.35. The van der Waals surface area contributed by atoms with E-state index in [1.54, 1.807) is 0 Å². The number of pyridine rings is 1. The minimum Gasteiger partial charge on any atom is -0.492 e. The molecule has 1 heterocycles. The molecule has 1 aromatic carbocycles. The predicted octanol–water partition coefficient (Wildman–Crippen LogP) is 5.16. The maximum atomic E-state index is 14.5. The normalized spacial score (nSPS) is 10.5. The first-order chi connectivity index (χ1) is 11.5. The third-order valence-corrected chi connectivity index (χ3v) is 3.90. The van der Waals surface area contributed by atoms with Gasteiger partial charge in [0.1, 0.15) is 0 Å². The van der Waals surface area contributed by atoms with Gasteiger partial charge in [-0.25, -0.2) is 14.2 Å². The van der Waals surface area contributed by atoms with Crippen molar-refractivity contribution in [3.05, 3.63) is 45.8 Å². The van der Waals surface area contributed by atoms with Crippen LogP contribution in [0.3, 0.4) is 0 Å². The largest absolute Gasteiger partial charge is 0.492 e. The molecule has 0 saturated heterocycles. The van der Waals surface area contributed by atoms with Gasteiger partial charge >= 0.3 is 5.97 Å². The molecule has 0 bridgehead atoms. The summed E-state index contributed by atoms with van der Waals surface area (Å²) in [4.78, 5) is 16.2. The second-order valence-electron chi connectivity index (χ2n) is 4.96. The Hall–Kier alpha value is -1.85. The lowest BCUT2D eigenvalue weighted by Gasteiger charge is -2.11. The second-order valence-corrected chi connectivity index (χ2v) is 5.77. The molecule has 0 saturated carbocycles. The van der Waals surface area contributed by atoms with E-state index in [0.717, 1.165) is 12.8 Å². The molecule has 0 fully saturated rings.